The summed E-state index contributed by atoms with van der Waals surface area (Å²) in [6.07, 6.45) is 6.76. The summed E-state index contributed by atoms with van der Waals surface area (Å²) in [5.41, 5.74) is 1.05. The maximum atomic E-state index is 12.5. The molecule has 2 heterocycles. The van der Waals surface area contributed by atoms with E-state index in [-0.39, 0.29) is 5.91 Å². The molecule has 0 unspecified atom stereocenters. The van der Waals surface area contributed by atoms with E-state index in [1.807, 2.05) is 36.1 Å². The van der Waals surface area contributed by atoms with Crippen LogP contribution in [0.4, 0.5) is 0 Å². The lowest BCUT2D eigenvalue weighted by Crippen LogP contribution is -2.39. The van der Waals surface area contributed by atoms with Crippen LogP contribution in [0.15, 0.2) is 48.8 Å². The van der Waals surface area contributed by atoms with Gasteiger partial charge in [-0.05, 0) is 49.6 Å². The number of rotatable bonds is 5. The third-order valence-electron chi connectivity index (χ3n) is 4.46. The number of carbonyl (C=O) groups excluding carboxylic acids is 1. The monoisotopic (exact) mass is 312 g/mol. The molecular formula is C19H24N2O2. The fraction of sp³-hybridized carbons (Fsp3) is 0.421. The van der Waals surface area contributed by atoms with Crippen molar-refractivity contribution in [2.24, 2.45) is 0 Å². The number of amides is 1. The summed E-state index contributed by atoms with van der Waals surface area (Å²) in [5, 5.41) is 0. The van der Waals surface area contributed by atoms with Gasteiger partial charge in [0.25, 0.3) is 0 Å². The third kappa shape index (κ3) is 3.95. The van der Waals surface area contributed by atoms with E-state index in [2.05, 4.69) is 29.1 Å². The number of aromatic nitrogens is 1. The van der Waals surface area contributed by atoms with Crippen LogP contribution in [0.1, 0.15) is 31.4 Å². The number of nitrogens with zero attached hydrogens (tertiary/aromatic N) is 2. The Hall–Kier alpha value is -2.23. The Balaban J connectivity index is 1.51. The molecule has 2 aromatic rings. The Bertz CT molecular complexity index is 611. The number of carbonyl (C=O) groups is 1. The number of hydrogen-bond donors (Lipinski definition) is 0. The molecule has 1 aromatic heterocycles. The summed E-state index contributed by atoms with van der Waals surface area (Å²) in [6, 6.07) is 12.5. The molecule has 0 aliphatic carbocycles. The first kappa shape index (κ1) is 15.7. The van der Waals surface area contributed by atoms with Gasteiger partial charge < -0.3 is 14.2 Å². The maximum Gasteiger partial charge on any atom is 0.226 e. The van der Waals surface area contributed by atoms with Crippen LogP contribution in [0, 0.1) is 0 Å². The van der Waals surface area contributed by atoms with Gasteiger partial charge in [-0.3, -0.25) is 4.79 Å². The summed E-state index contributed by atoms with van der Waals surface area (Å²) >= 11 is 0. The fourth-order valence-electron chi connectivity index (χ4n) is 3.16. The van der Waals surface area contributed by atoms with Crippen molar-refractivity contribution < 1.29 is 9.53 Å². The van der Waals surface area contributed by atoms with Gasteiger partial charge in [0.05, 0.1) is 13.0 Å². The average Bonchev–Trinajstić information content (AvgIpc) is 3.11. The number of ether oxygens (including phenoxy) is 1. The molecule has 4 nitrogen and oxygen atoms in total. The molecule has 4 heteroatoms. The normalized spacial score (nSPS) is 15.6. The van der Waals surface area contributed by atoms with Crippen LogP contribution < -0.4 is 4.74 Å². The van der Waals surface area contributed by atoms with E-state index in [1.165, 1.54) is 0 Å². The minimum atomic E-state index is 0.222. The number of benzene rings is 1. The van der Waals surface area contributed by atoms with E-state index >= 15 is 0 Å². The Kier molecular flexibility index (Phi) is 5.01. The molecule has 3 rings (SSSR count). The summed E-state index contributed by atoms with van der Waals surface area (Å²) in [7, 11) is 0. The highest BCUT2D eigenvalue weighted by Crippen LogP contribution is 2.23. The van der Waals surface area contributed by atoms with Crippen molar-refractivity contribution in [3.05, 3.63) is 54.4 Å². The lowest BCUT2D eigenvalue weighted by molar-refractivity contribution is -0.131. The highest BCUT2D eigenvalue weighted by molar-refractivity contribution is 5.78. The van der Waals surface area contributed by atoms with Crippen LogP contribution in [-0.2, 0) is 11.2 Å². The smallest absolute Gasteiger partial charge is 0.226 e. The van der Waals surface area contributed by atoms with Gasteiger partial charge in [-0.1, -0.05) is 12.1 Å². The van der Waals surface area contributed by atoms with E-state index < -0.39 is 0 Å². The van der Waals surface area contributed by atoms with Crippen LogP contribution in [-0.4, -0.2) is 35.1 Å². The molecule has 1 amide bonds. The first-order valence-electron chi connectivity index (χ1n) is 8.38. The minimum Gasteiger partial charge on any atom is -0.494 e. The third-order valence-corrected chi connectivity index (χ3v) is 4.46. The van der Waals surface area contributed by atoms with Gasteiger partial charge in [0.2, 0.25) is 5.91 Å². The van der Waals surface area contributed by atoms with E-state index in [0.29, 0.717) is 19.1 Å². The van der Waals surface area contributed by atoms with Gasteiger partial charge in [-0.2, -0.15) is 0 Å². The van der Waals surface area contributed by atoms with Gasteiger partial charge >= 0.3 is 0 Å². The minimum absolute atomic E-state index is 0.222. The van der Waals surface area contributed by atoms with Gasteiger partial charge in [0, 0.05) is 31.5 Å². The van der Waals surface area contributed by atoms with Crippen LogP contribution in [0.3, 0.4) is 0 Å². The number of hydrogen-bond acceptors (Lipinski definition) is 2. The molecule has 0 bridgehead atoms. The van der Waals surface area contributed by atoms with Crippen molar-refractivity contribution in [3.63, 3.8) is 0 Å². The van der Waals surface area contributed by atoms with Crippen LogP contribution in [0.5, 0.6) is 5.75 Å². The molecule has 0 atom stereocenters. The van der Waals surface area contributed by atoms with Crippen molar-refractivity contribution in [1.82, 2.24) is 9.47 Å². The molecular weight excluding hydrogens is 288 g/mol. The molecule has 122 valence electrons. The quantitative estimate of drug-likeness (QED) is 0.849. The molecule has 0 N–H and O–H groups in total. The highest BCUT2D eigenvalue weighted by Gasteiger charge is 2.23. The van der Waals surface area contributed by atoms with E-state index in [9.17, 15) is 4.79 Å². The van der Waals surface area contributed by atoms with Crippen LogP contribution in [0.2, 0.25) is 0 Å². The van der Waals surface area contributed by atoms with Gasteiger partial charge in [0.15, 0.2) is 0 Å². The summed E-state index contributed by atoms with van der Waals surface area (Å²) in [6.45, 7) is 4.32. The standard InChI is InChI=1S/C19H24N2O2/c1-2-23-18-7-5-16(6-8-18)15-19(22)21-13-9-17(10-14-21)20-11-3-4-12-20/h3-8,11-12,17H,2,9-10,13-15H2,1H3. The van der Waals surface area contributed by atoms with Crippen molar-refractivity contribution >= 4 is 5.91 Å². The van der Waals surface area contributed by atoms with Gasteiger partial charge in [0.1, 0.15) is 5.75 Å². The molecule has 1 aliphatic heterocycles. The molecule has 1 fully saturated rings. The second kappa shape index (κ2) is 7.36. The first-order chi connectivity index (χ1) is 11.3. The maximum absolute atomic E-state index is 12.5. The predicted octanol–water partition coefficient (Wildman–Crippen LogP) is 3.29. The van der Waals surface area contributed by atoms with E-state index in [0.717, 1.165) is 37.2 Å². The number of piperidine rings is 1. The molecule has 0 spiro atoms. The van der Waals surface area contributed by atoms with E-state index in [4.69, 9.17) is 4.74 Å². The van der Waals surface area contributed by atoms with Crippen molar-refractivity contribution in [2.45, 2.75) is 32.2 Å². The second-order valence-corrected chi connectivity index (χ2v) is 6.00. The Morgan fingerprint density at radius 1 is 1.13 bits per heavy atom. The molecule has 1 aliphatic rings. The van der Waals surface area contributed by atoms with Gasteiger partial charge in [-0.15, -0.1) is 0 Å². The zero-order chi connectivity index (χ0) is 16.1. The molecule has 0 saturated carbocycles. The largest absolute Gasteiger partial charge is 0.494 e. The van der Waals surface area contributed by atoms with Crippen molar-refractivity contribution in [3.8, 4) is 5.75 Å². The molecule has 0 radical (unpaired) electrons. The Morgan fingerprint density at radius 2 is 1.78 bits per heavy atom. The lowest BCUT2D eigenvalue weighted by atomic mass is 10.0. The first-order valence-corrected chi connectivity index (χ1v) is 8.38. The SMILES string of the molecule is CCOc1ccc(CC(=O)N2CCC(n3cccc3)CC2)cc1. The van der Waals surface area contributed by atoms with Crippen molar-refractivity contribution in [2.75, 3.05) is 19.7 Å². The summed E-state index contributed by atoms with van der Waals surface area (Å²) < 4.78 is 7.69. The molecule has 1 aromatic carbocycles. The lowest BCUT2D eigenvalue weighted by Gasteiger charge is -2.33. The fourth-order valence-corrected chi connectivity index (χ4v) is 3.16. The van der Waals surface area contributed by atoms with Crippen LogP contribution in [0.25, 0.3) is 0 Å². The predicted molar refractivity (Wildman–Crippen MR) is 90.6 cm³/mol. The van der Waals surface area contributed by atoms with Crippen molar-refractivity contribution in [1.29, 1.82) is 0 Å². The summed E-state index contributed by atoms with van der Waals surface area (Å²) in [5.74, 6) is 1.08. The topological polar surface area (TPSA) is 34.5 Å². The molecule has 1 saturated heterocycles. The summed E-state index contributed by atoms with van der Waals surface area (Å²) in [4.78, 5) is 14.5. The zero-order valence-electron chi connectivity index (χ0n) is 13.6. The highest BCUT2D eigenvalue weighted by atomic mass is 16.5. The second-order valence-electron chi connectivity index (χ2n) is 6.00. The average molecular weight is 312 g/mol. The van der Waals surface area contributed by atoms with E-state index in [1.54, 1.807) is 0 Å². The van der Waals surface area contributed by atoms with Gasteiger partial charge in [-0.25, -0.2) is 0 Å². The van der Waals surface area contributed by atoms with Crippen LogP contribution >= 0.6 is 0 Å². The Morgan fingerprint density at radius 3 is 2.39 bits per heavy atom. The Labute approximate surface area is 137 Å². The zero-order valence-corrected chi connectivity index (χ0v) is 13.6. The number of likely N-dealkylation sites (tertiary alicyclic amines) is 1. The molecule has 23 heavy (non-hydrogen) atoms.